The highest BCUT2D eigenvalue weighted by atomic mass is 19.1. The van der Waals surface area contributed by atoms with E-state index in [1.54, 1.807) is 12.1 Å². The van der Waals surface area contributed by atoms with E-state index in [1.807, 2.05) is 4.90 Å². The summed E-state index contributed by atoms with van der Waals surface area (Å²) in [6, 6.07) is 5.80. The lowest BCUT2D eigenvalue weighted by Crippen LogP contribution is -2.41. The molecule has 2 N–H and O–H groups in total. The van der Waals surface area contributed by atoms with Crippen molar-refractivity contribution in [2.24, 2.45) is 5.73 Å². The Morgan fingerprint density at radius 1 is 1.22 bits per heavy atom. The summed E-state index contributed by atoms with van der Waals surface area (Å²) in [7, 11) is 0. The summed E-state index contributed by atoms with van der Waals surface area (Å²) >= 11 is 0. The molecule has 23 heavy (non-hydrogen) atoms. The van der Waals surface area contributed by atoms with Gasteiger partial charge in [0.05, 0.1) is 19.1 Å². The fourth-order valence-electron chi connectivity index (χ4n) is 2.55. The van der Waals surface area contributed by atoms with Gasteiger partial charge in [-0.25, -0.2) is 4.39 Å². The molecule has 0 aromatic heterocycles. The molecule has 0 aliphatic carbocycles. The predicted molar refractivity (Wildman–Crippen MR) is 85.7 cm³/mol. The fraction of sp³-hybridized carbons (Fsp3) is 0.588. The quantitative estimate of drug-likeness (QED) is 0.742. The molecule has 0 unspecified atom stereocenters. The Morgan fingerprint density at radius 3 is 2.57 bits per heavy atom. The van der Waals surface area contributed by atoms with E-state index < -0.39 is 0 Å². The average molecular weight is 324 g/mol. The number of nitrogens with zero attached hydrogens (tertiary/aromatic N) is 1. The van der Waals surface area contributed by atoms with Crippen LogP contribution in [0.4, 0.5) is 4.39 Å². The van der Waals surface area contributed by atoms with Crippen LogP contribution in [0.25, 0.3) is 0 Å². The van der Waals surface area contributed by atoms with Gasteiger partial charge in [0, 0.05) is 19.7 Å². The van der Waals surface area contributed by atoms with Crippen LogP contribution in [0.3, 0.4) is 0 Å². The molecule has 1 amide bonds. The van der Waals surface area contributed by atoms with E-state index in [2.05, 4.69) is 0 Å². The molecule has 1 aliphatic rings. The van der Waals surface area contributed by atoms with Crippen LogP contribution in [-0.2, 0) is 9.53 Å². The maximum absolute atomic E-state index is 12.8. The third-order valence-corrected chi connectivity index (χ3v) is 3.89. The van der Waals surface area contributed by atoms with Crippen molar-refractivity contribution >= 4 is 5.91 Å². The first-order valence-electron chi connectivity index (χ1n) is 8.17. The number of hydrogen-bond acceptors (Lipinski definition) is 4. The normalized spacial score (nSPS) is 15.7. The zero-order valence-electron chi connectivity index (χ0n) is 13.4. The lowest BCUT2D eigenvalue weighted by Gasteiger charge is -2.32. The highest BCUT2D eigenvalue weighted by Gasteiger charge is 2.22. The lowest BCUT2D eigenvalue weighted by atomic mass is 10.1. The zero-order valence-corrected chi connectivity index (χ0v) is 13.4. The number of amides is 1. The van der Waals surface area contributed by atoms with E-state index >= 15 is 0 Å². The van der Waals surface area contributed by atoms with Crippen molar-refractivity contribution in [2.75, 3.05) is 32.8 Å². The second kappa shape index (κ2) is 9.47. The predicted octanol–water partition coefficient (Wildman–Crippen LogP) is 1.95. The molecular weight excluding hydrogens is 299 g/mol. The lowest BCUT2D eigenvalue weighted by molar-refractivity contribution is -0.134. The second-order valence-electron chi connectivity index (χ2n) is 5.65. The minimum atomic E-state index is -0.301. The van der Waals surface area contributed by atoms with Crippen molar-refractivity contribution in [3.8, 4) is 5.75 Å². The Balaban J connectivity index is 1.62. The minimum absolute atomic E-state index is 0.0903. The van der Waals surface area contributed by atoms with Gasteiger partial charge in [0.1, 0.15) is 11.6 Å². The molecule has 0 atom stereocenters. The molecule has 128 valence electrons. The summed E-state index contributed by atoms with van der Waals surface area (Å²) in [4.78, 5) is 14.0. The fourth-order valence-corrected chi connectivity index (χ4v) is 2.55. The molecule has 0 saturated carbocycles. The van der Waals surface area contributed by atoms with E-state index in [4.69, 9.17) is 15.2 Å². The number of carbonyl (C=O) groups excluding carboxylic acids is 1. The Kier molecular flexibility index (Phi) is 7.29. The van der Waals surface area contributed by atoms with Crippen LogP contribution in [-0.4, -0.2) is 49.8 Å². The second-order valence-corrected chi connectivity index (χ2v) is 5.65. The van der Waals surface area contributed by atoms with Crippen LogP contribution < -0.4 is 10.5 Å². The number of piperidine rings is 1. The van der Waals surface area contributed by atoms with Gasteiger partial charge in [-0.05, 0) is 50.1 Å². The summed E-state index contributed by atoms with van der Waals surface area (Å²) in [5, 5.41) is 0. The zero-order chi connectivity index (χ0) is 16.5. The molecular formula is C17H25FN2O3. The number of carbonyl (C=O) groups is 1. The molecule has 0 bridgehead atoms. The van der Waals surface area contributed by atoms with Crippen LogP contribution in [0.2, 0.25) is 0 Å². The molecule has 1 saturated heterocycles. The molecule has 0 radical (unpaired) electrons. The Morgan fingerprint density at radius 2 is 1.91 bits per heavy atom. The summed E-state index contributed by atoms with van der Waals surface area (Å²) in [6.45, 7) is 3.09. The van der Waals surface area contributed by atoms with Gasteiger partial charge in [-0.3, -0.25) is 4.79 Å². The molecule has 5 nitrogen and oxygen atoms in total. The van der Waals surface area contributed by atoms with Gasteiger partial charge >= 0.3 is 0 Å². The number of benzene rings is 1. The van der Waals surface area contributed by atoms with Crippen LogP contribution in [0.1, 0.15) is 25.7 Å². The molecule has 1 heterocycles. The molecule has 1 aliphatic heterocycles. The van der Waals surface area contributed by atoms with Crippen molar-refractivity contribution in [1.82, 2.24) is 4.90 Å². The first-order chi connectivity index (χ1) is 11.2. The Bertz CT molecular complexity index is 473. The molecule has 1 aromatic carbocycles. The van der Waals surface area contributed by atoms with E-state index in [0.29, 0.717) is 31.9 Å². The van der Waals surface area contributed by atoms with Gasteiger partial charge < -0.3 is 20.1 Å². The molecule has 0 spiro atoms. The third-order valence-electron chi connectivity index (χ3n) is 3.89. The van der Waals surface area contributed by atoms with Crippen molar-refractivity contribution < 1.29 is 18.7 Å². The van der Waals surface area contributed by atoms with Gasteiger partial charge in [0.25, 0.3) is 0 Å². The SMILES string of the molecule is NCCCOC1CCN(C(=O)CCOc2ccc(F)cc2)CC1. The summed E-state index contributed by atoms with van der Waals surface area (Å²) in [5.74, 6) is 0.365. The van der Waals surface area contributed by atoms with Gasteiger partial charge in [-0.1, -0.05) is 0 Å². The summed E-state index contributed by atoms with van der Waals surface area (Å²) in [5.41, 5.74) is 5.44. The standard InChI is InChI=1S/C17H25FN2O3/c18-14-2-4-15(5-3-14)23-13-8-17(21)20-10-6-16(7-11-20)22-12-1-9-19/h2-5,16H,1,6-13,19H2. The third kappa shape index (κ3) is 6.15. The number of halogens is 1. The maximum atomic E-state index is 12.8. The number of likely N-dealkylation sites (tertiary alicyclic amines) is 1. The first-order valence-corrected chi connectivity index (χ1v) is 8.17. The molecule has 6 heteroatoms. The van der Waals surface area contributed by atoms with Crippen LogP contribution in [0.15, 0.2) is 24.3 Å². The van der Waals surface area contributed by atoms with Crippen LogP contribution in [0, 0.1) is 5.82 Å². The van der Waals surface area contributed by atoms with E-state index in [9.17, 15) is 9.18 Å². The highest BCUT2D eigenvalue weighted by Crippen LogP contribution is 2.15. The summed E-state index contributed by atoms with van der Waals surface area (Å²) < 4.78 is 24.0. The molecule has 1 aromatic rings. The van der Waals surface area contributed by atoms with Gasteiger partial charge in [-0.2, -0.15) is 0 Å². The van der Waals surface area contributed by atoms with E-state index in [0.717, 1.165) is 32.4 Å². The number of nitrogens with two attached hydrogens (primary N) is 1. The monoisotopic (exact) mass is 324 g/mol. The van der Waals surface area contributed by atoms with Crippen molar-refractivity contribution in [3.63, 3.8) is 0 Å². The number of ether oxygens (including phenoxy) is 2. The van der Waals surface area contributed by atoms with Gasteiger partial charge in [-0.15, -0.1) is 0 Å². The molecule has 1 fully saturated rings. The topological polar surface area (TPSA) is 64.8 Å². The Hall–Kier alpha value is -1.66. The minimum Gasteiger partial charge on any atom is -0.493 e. The largest absolute Gasteiger partial charge is 0.493 e. The maximum Gasteiger partial charge on any atom is 0.226 e. The van der Waals surface area contributed by atoms with Crippen molar-refractivity contribution in [1.29, 1.82) is 0 Å². The van der Waals surface area contributed by atoms with Crippen molar-refractivity contribution in [3.05, 3.63) is 30.1 Å². The first kappa shape index (κ1) is 17.7. The smallest absolute Gasteiger partial charge is 0.226 e. The van der Waals surface area contributed by atoms with Crippen LogP contribution >= 0.6 is 0 Å². The van der Waals surface area contributed by atoms with Gasteiger partial charge in [0.15, 0.2) is 0 Å². The number of rotatable bonds is 8. The number of hydrogen-bond donors (Lipinski definition) is 1. The summed E-state index contributed by atoms with van der Waals surface area (Å²) in [6.07, 6.45) is 3.18. The highest BCUT2D eigenvalue weighted by molar-refractivity contribution is 5.76. The Labute approximate surface area is 136 Å². The van der Waals surface area contributed by atoms with Crippen molar-refractivity contribution in [2.45, 2.75) is 31.8 Å². The van der Waals surface area contributed by atoms with Gasteiger partial charge in [0.2, 0.25) is 5.91 Å². The van der Waals surface area contributed by atoms with E-state index in [1.165, 1.54) is 12.1 Å². The molecule has 2 rings (SSSR count). The van der Waals surface area contributed by atoms with E-state index in [-0.39, 0.29) is 17.8 Å². The van der Waals surface area contributed by atoms with Crippen LogP contribution in [0.5, 0.6) is 5.75 Å². The average Bonchev–Trinajstić information content (AvgIpc) is 2.57.